The molecule has 0 radical (unpaired) electrons. The smallest absolute Gasteiger partial charge is 0.241 e. The zero-order chi connectivity index (χ0) is 16.0. The van der Waals surface area contributed by atoms with E-state index < -0.39 is 22.0 Å². The fourth-order valence-electron chi connectivity index (χ4n) is 1.64. The molecule has 6 nitrogen and oxygen atoms in total. The molecule has 1 aromatic rings. The van der Waals surface area contributed by atoms with Gasteiger partial charge in [0.15, 0.2) is 0 Å². The Morgan fingerprint density at radius 1 is 1.43 bits per heavy atom. The third kappa shape index (κ3) is 5.39. The van der Waals surface area contributed by atoms with Crippen LogP contribution in [0, 0.1) is 6.92 Å². The van der Waals surface area contributed by atoms with Crippen LogP contribution in [-0.4, -0.2) is 40.6 Å². The number of hydrogen-bond acceptors (Lipinski definition) is 4. The van der Waals surface area contributed by atoms with Gasteiger partial charge in [-0.15, -0.1) is 0 Å². The summed E-state index contributed by atoms with van der Waals surface area (Å²) in [5.74, 6) is -0.400. The van der Waals surface area contributed by atoms with Crippen LogP contribution in [0.4, 0.5) is 0 Å². The molecule has 1 atom stereocenters. The van der Waals surface area contributed by atoms with E-state index in [2.05, 4.69) is 26.0 Å². The molecule has 118 valence electrons. The van der Waals surface area contributed by atoms with Crippen molar-refractivity contribution < 1.29 is 17.9 Å². The summed E-state index contributed by atoms with van der Waals surface area (Å²) in [6.45, 7) is 3.89. The van der Waals surface area contributed by atoms with E-state index in [-0.39, 0.29) is 4.90 Å². The van der Waals surface area contributed by atoms with Gasteiger partial charge in [-0.3, -0.25) is 4.79 Å². The number of rotatable bonds is 7. The minimum Gasteiger partial charge on any atom is -0.383 e. The van der Waals surface area contributed by atoms with Gasteiger partial charge in [0, 0.05) is 18.1 Å². The van der Waals surface area contributed by atoms with Gasteiger partial charge in [-0.25, -0.2) is 8.42 Å². The lowest BCUT2D eigenvalue weighted by molar-refractivity contribution is -0.122. The van der Waals surface area contributed by atoms with Crippen LogP contribution in [-0.2, 0) is 19.6 Å². The molecular weight excluding hydrogens is 360 g/mol. The zero-order valence-electron chi connectivity index (χ0n) is 12.1. The lowest BCUT2D eigenvalue weighted by atomic mass is 10.2. The van der Waals surface area contributed by atoms with E-state index in [0.29, 0.717) is 23.2 Å². The summed E-state index contributed by atoms with van der Waals surface area (Å²) in [5.41, 5.74) is 0.609. The molecular formula is C13H19BrN2O4S. The maximum Gasteiger partial charge on any atom is 0.241 e. The Labute approximate surface area is 133 Å². The first kappa shape index (κ1) is 18.1. The van der Waals surface area contributed by atoms with Gasteiger partial charge in [-0.2, -0.15) is 4.72 Å². The van der Waals surface area contributed by atoms with Crippen LogP contribution in [0.5, 0.6) is 0 Å². The molecule has 1 amide bonds. The number of aryl methyl sites for hydroxylation is 1. The van der Waals surface area contributed by atoms with Crippen LogP contribution >= 0.6 is 15.9 Å². The number of carbonyl (C=O) groups excluding carboxylic acids is 1. The molecule has 0 heterocycles. The Bertz CT molecular complexity index is 604. The molecule has 0 aliphatic heterocycles. The van der Waals surface area contributed by atoms with Gasteiger partial charge in [0.2, 0.25) is 15.9 Å². The number of halogens is 1. The van der Waals surface area contributed by atoms with Crippen molar-refractivity contribution >= 4 is 31.9 Å². The number of sulfonamides is 1. The number of carbonyl (C=O) groups is 1. The molecule has 1 unspecified atom stereocenters. The second kappa shape index (κ2) is 7.88. The first-order valence-electron chi connectivity index (χ1n) is 6.33. The lowest BCUT2D eigenvalue weighted by Crippen LogP contribution is -2.45. The fourth-order valence-corrected chi connectivity index (χ4v) is 3.63. The minimum atomic E-state index is -3.76. The second-order valence-corrected chi connectivity index (χ2v) is 7.13. The van der Waals surface area contributed by atoms with Crippen LogP contribution in [0.3, 0.4) is 0 Å². The molecule has 0 bridgehead atoms. The van der Waals surface area contributed by atoms with Crippen LogP contribution < -0.4 is 10.0 Å². The Balaban J connectivity index is 2.80. The molecule has 0 fully saturated rings. The van der Waals surface area contributed by atoms with Gasteiger partial charge in [0.05, 0.1) is 17.5 Å². The summed E-state index contributed by atoms with van der Waals surface area (Å²) in [7, 11) is -2.24. The highest BCUT2D eigenvalue weighted by Gasteiger charge is 2.23. The predicted molar refractivity (Wildman–Crippen MR) is 83.5 cm³/mol. The molecule has 0 spiro atoms. The van der Waals surface area contributed by atoms with Gasteiger partial charge in [0.1, 0.15) is 0 Å². The van der Waals surface area contributed by atoms with E-state index in [0.717, 1.165) is 0 Å². The van der Waals surface area contributed by atoms with E-state index in [4.69, 9.17) is 4.74 Å². The highest BCUT2D eigenvalue weighted by molar-refractivity contribution is 9.10. The van der Waals surface area contributed by atoms with Crippen molar-refractivity contribution in [2.45, 2.75) is 24.8 Å². The van der Waals surface area contributed by atoms with Gasteiger partial charge >= 0.3 is 0 Å². The highest BCUT2D eigenvalue weighted by atomic mass is 79.9. The second-order valence-electron chi connectivity index (χ2n) is 4.54. The van der Waals surface area contributed by atoms with E-state index in [1.807, 2.05) is 0 Å². The van der Waals surface area contributed by atoms with Gasteiger partial charge in [-0.1, -0.05) is 22.0 Å². The molecule has 8 heteroatoms. The van der Waals surface area contributed by atoms with E-state index in [9.17, 15) is 13.2 Å². The molecule has 0 saturated carbocycles. The Hall–Kier alpha value is -0.960. The summed E-state index contributed by atoms with van der Waals surface area (Å²) < 4.78 is 32.5. The van der Waals surface area contributed by atoms with Crippen LogP contribution in [0.15, 0.2) is 27.6 Å². The molecule has 1 aromatic carbocycles. The first-order valence-corrected chi connectivity index (χ1v) is 8.60. The lowest BCUT2D eigenvalue weighted by Gasteiger charge is -2.15. The number of hydrogen-bond donors (Lipinski definition) is 2. The normalized spacial score (nSPS) is 13.0. The summed E-state index contributed by atoms with van der Waals surface area (Å²) in [6, 6.07) is 4.09. The summed E-state index contributed by atoms with van der Waals surface area (Å²) >= 11 is 3.24. The Morgan fingerprint density at radius 2 is 2.10 bits per heavy atom. The van der Waals surface area contributed by atoms with Crippen molar-refractivity contribution in [3.05, 3.63) is 28.2 Å². The van der Waals surface area contributed by atoms with Crippen LogP contribution in [0.2, 0.25) is 0 Å². The largest absolute Gasteiger partial charge is 0.383 e. The average Bonchev–Trinajstić information content (AvgIpc) is 2.41. The summed E-state index contributed by atoms with van der Waals surface area (Å²) in [5, 5.41) is 2.58. The minimum absolute atomic E-state index is 0.147. The fraction of sp³-hybridized carbons (Fsp3) is 0.462. The molecule has 0 aliphatic carbocycles. The third-order valence-electron chi connectivity index (χ3n) is 2.77. The van der Waals surface area contributed by atoms with Gasteiger partial charge < -0.3 is 10.1 Å². The van der Waals surface area contributed by atoms with Crippen molar-refractivity contribution in [3.8, 4) is 0 Å². The molecule has 0 aromatic heterocycles. The summed E-state index contributed by atoms with van der Waals surface area (Å²) in [6.07, 6.45) is 0. The van der Waals surface area contributed by atoms with Gasteiger partial charge in [0.25, 0.3) is 0 Å². The average molecular weight is 379 g/mol. The SMILES string of the molecule is COCCNC(=O)C(C)NS(=O)(=O)c1cc(Br)ccc1C. The zero-order valence-corrected chi connectivity index (χ0v) is 14.5. The maximum absolute atomic E-state index is 12.3. The van der Waals surface area contributed by atoms with Crippen molar-refractivity contribution in [2.75, 3.05) is 20.3 Å². The number of nitrogens with one attached hydrogen (secondary N) is 2. The monoisotopic (exact) mass is 378 g/mol. The van der Waals surface area contributed by atoms with Crippen molar-refractivity contribution in [3.63, 3.8) is 0 Å². The molecule has 0 aliphatic rings. The Morgan fingerprint density at radius 3 is 2.71 bits per heavy atom. The predicted octanol–water partition coefficient (Wildman–Crippen LogP) is 1.19. The molecule has 2 N–H and O–H groups in total. The summed E-state index contributed by atoms with van der Waals surface area (Å²) in [4.78, 5) is 11.9. The van der Waals surface area contributed by atoms with Crippen molar-refractivity contribution in [1.29, 1.82) is 0 Å². The molecule has 21 heavy (non-hydrogen) atoms. The maximum atomic E-state index is 12.3. The Kier molecular flexibility index (Phi) is 6.79. The van der Waals surface area contributed by atoms with Crippen molar-refractivity contribution in [1.82, 2.24) is 10.0 Å². The number of amides is 1. The topological polar surface area (TPSA) is 84.5 Å². The van der Waals surface area contributed by atoms with E-state index >= 15 is 0 Å². The molecule has 1 rings (SSSR count). The van der Waals surface area contributed by atoms with E-state index in [1.165, 1.54) is 20.1 Å². The number of methoxy groups -OCH3 is 1. The van der Waals surface area contributed by atoms with Crippen molar-refractivity contribution in [2.24, 2.45) is 0 Å². The molecule has 0 saturated heterocycles. The standard InChI is InChI=1S/C13H19BrN2O4S/c1-9-4-5-11(14)8-12(9)21(18,19)16-10(2)13(17)15-6-7-20-3/h4-5,8,10,16H,6-7H2,1-3H3,(H,15,17). The quantitative estimate of drug-likeness (QED) is 0.697. The van der Waals surface area contributed by atoms with Crippen LogP contribution in [0.25, 0.3) is 0 Å². The first-order chi connectivity index (χ1) is 9.77. The number of ether oxygens (including phenoxy) is 1. The van der Waals surface area contributed by atoms with E-state index in [1.54, 1.807) is 19.1 Å². The van der Waals surface area contributed by atoms with Gasteiger partial charge in [-0.05, 0) is 31.5 Å². The third-order valence-corrected chi connectivity index (χ3v) is 4.95. The number of benzene rings is 1. The highest BCUT2D eigenvalue weighted by Crippen LogP contribution is 2.20. The van der Waals surface area contributed by atoms with Crippen LogP contribution in [0.1, 0.15) is 12.5 Å².